The molecule has 2 heterocycles. The summed E-state index contributed by atoms with van der Waals surface area (Å²) in [6, 6.07) is 3.47. The summed E-state index contributed by atoms with van der Waals surface area (Å²) in [5, 5.41) is 3.32. The Morgan fingerprint density at radius 3 is 2.52 bits per heavy atom. The summed E-state index contributed by atoms with van der Waals surface area (Å²) in [6.45, 7) is 0.611. The maximum atomic E-state index is 13.1. The van der Waals surface area contributed by atoms with Crippen molar-refractivity contribution < 1.29 is 14.0 Å². The van der Waals surface area contributed by atoms with Crippen LogP contribution in [0.4, 0.5) is 0 Å². The number of nitrogens with two attached hydrogens (primary N) is 1. The minimum atomic E-state index is -0.391. The molecule has 3 atom stereocenters. The Labute approximate surface area is 166 Å². The van der Waals surface area contributed by atoms with E-state index in [1.165, 1.54) is 12.7 Å². The summed E-state index contributed by atoms with van der Waals surface area (Å²) in [5.41, 5.74) is 6.20. The van der Waals surface area contributed by atoms with Crippen LogP contribution in [0.2, 0.25) is 0 Å². The molecule has 150 valence electrons. The molecular weight excluding hydrogens is 366 g/mol. The van der Waals surface area contributed by atoms with Crippen LogP contribution in [-0.2, 0) is 4.79 Å². The van der Waals surface area contributed by atoms with Crippen molar-refractivity contribution in [2.45, 2.75) is 69.5 Å². The third kappa shape index (κ3) is 4.16. The molecule has 3 N–H and O–H groups in total. The van der Waals surface area contributed by atoms with E-state index < -0.39 is 6.04 Å². The highest BCUT2D eigenvalue weighted by molar-refractivity contribution is 5.95. The van der Waals surface area contributed by atoms with Gasteiger partial charge in [0.15, 0.2) is 5.76 Å². The first kappa shape index (κ1) is 20.2. The Bertz CT molecular complexity index is 637. The molecule has 4 rings (SSSR count). The van der Waals surface area contributed by atoms with E-state index >= 15 is 0 Å². The molecule has 3 aliphatic rings. The van der Waals surface area contributed by atoms with Crippen LogP contribution in [0.25, 0.3) is 0 Å². The van der Waals surface area contributed by atoms with E-state index in [1.807, 2.05) is 0 Å². The van der Waals surface area contributed by atoms with Crippen LogP contribution in [0.15, 0.2) is 22.8 Å². The molecule has 1 aromatic rings. The quantitative estimate of drug-likeness (QED) is 0.823. The molecule has 1 saturated heterocycles. The topological polar surface area (TPSA) is 88.6 Å². The lowest BCUT2D eigenvalue weighted by Crippen LogP contribution is -2.59. The number of amides is 2. The third-order valence-corrected chi connectivity index (χ3v) is 6.48. The SMILES string of the molecule is Cl.NC1CC2CCCC(C1)C2NC(=O)C1CCCCN1C(=O)c1ccco1. The van der Waals surface area contributed by atoms with E-state index in [0.717, 1.165) is 44.9 Å². The molecule has 3 fully saturated rings. The Kier molecular flexibility index (Phi) is 6.48. The van der Waals surface area contributed by atoms with Gasteiger partial charge in [-0.25, -0.2) is 0 Å². The number of hydrogen-bond donors (Lipinski definition) is 2. The molecule has 2 amide bonds. The number of nitrogens with one attached hydrogen (secondary N) is 1. The summed E-state index contributed by atoms with van der Waals surface area (Å²) in [6.07, 6.45) is 9.66. The Morgan fingerprint density at radius 1 is 1.11 bits per heavy atom. The highest BCUT2D eigenvalue weighted by Crippen LogP contribution is 2.39. The molecule has 0 aromatic carbocycles. The first-order valence-corrected chi connectivity index (χ1v) is 10.0. The lowest BCUT2D eigenvalue weighted by molar-refractivity contribution is -0.129. The van der Waals surface area contributed by atoms with Gasteiger partial charge in [-0.1, -0.05) is 6.42 Å². The number of fused-ring (bicyclic) bond motifs is 2. The van der Waals surface area contributed by atoms with Gasteiger partial charge >= 0.3 is 0 Å². The van der Waals surface area contributed by atoms with Gasteiger partial charge in [-0.3, -0.25) is 9.59 Å². The zero-order valence-electron chi connectivity index (χ0n) is 15.6. The largest absolute Gasteiger partial charge is 0.459 e. The van der Waals surface area contributed by atoms with Crippen LogP contribution >= 0.6 is 12.4 Å². The van der Waals surface area contributed by atoms with Gasteiger partial charge in [0.2, 0.25) is 5.91 Å². The second-order valence-electron chi connectivity index (χ2n) is 8.20. The fraction of sp³-hybridized carbons (Fsp3) is 0.700. The average Bonchev–Trinajstić information content (AvgIpc) is 3.16. The van der Waals surface area contributed by atoms with Crippen molar-refractivity contribution in [2.24, 2.45) is 17.6 Å². The molecule has 0 spiro atoms. The van der Waals surface area contributed by atoms with Crippen LogP contribution in [0.3, 0.4) is 0 Å². The van der Waals surface area contributed by atoms with Gasteiger partial charge in [0.05, 0.1) is 6.26 Å². The van der Waals surface area contributed by atoms with E-state index in [9.17, 15) is 9.59 Å². The minimum absolute atomic E-state index is 0. The number of hydrogen-bond acceptors (Lipinski definition) is 4. The lowest BCUT2D eigenvalue weighted by Gasteiger charge is -2.46. The number of halogens is 1. The summed E-state index contributed by atoms with van der Waals surface area (Å²) >= 11 is 0. The molecule has 2 aliphatic carbocycles. The molecule has 3 unspecified atom stereocenters. The predicted molar refractivity (Wildman–Crippen MR) is 105 cm³/mol. The second-order valence-corrected chi connectivity index (χ2v) is 8.20. The van der Waals surface area contributed by atoms with Crippen molar-refractivity contribution in [2.75, 3.05) is 6.54 Å². The molecule has 1 aliphatic heterocycles. The van der Waals surface area contributed by atoms with Crippen molar-refractivity contribution in [1.29, 1.82) is 0 Å². The van der Waals surface area contributed by atoms with E-state index in [4.69, 9.17) is 10.2 Å². The first-order valence-electron chi connectivity index (χ1n) is 10.0. The van der Waals surface area contributed by atoms with Crippen LogP contribution in [0, 0.1) is 11.8 Å². The number of carbonyl (C=O) groups is 2. The van der Waals surface area contributed by atoms with E-state index in [1.54, 1.807) is 17.0 Å². The van der Waals surface area contributed by atoms with Gasteiger partial charge in [0.1, 0.15) is 6.04 Å². The fourth-order valence-corrected chi connectivity index (χ4v) is 5.27. The van der Waals surface area contributed by atoms with Gasteiger partial charge in [-0.15, -0.1) is 12.4 Å². The predicted octanol–water partition coefficient (Wildman–Crippen LogP) is 2.72. The standard InChI is InChI=1S/C20H29N3O3.ClH/c21-15-11-13-5-3-6-14(12-15)18(13)22-19(24)16-7-1-2-9-23(16)20(25)17-8-4-10-26-17;/h4,8,10,13-16,18H,1-3,5-7,9,11-12,21H2,(H,22,24);1H. The molecule has 0 radical (unpaired) electrons. The highest BCUT2D eigenvalue weighted by atomic mass is 35.5. The first-order chi connectivity index (χ1) is 12.6. The van der Waals surface area contributed by atoms with Gasteiger partial charge in [-0.2, -0.15) is 0 Å². The van der Waals surface area contributed by atoms with Crippen molar-refractivity contribution in [1.82, 2.24) is 10.2 Å². The lowest BCUT2D eigenvalue weighted by atomic mass is 9.67. The average molecular weight is 396 g/mol. The van der Waals surface area contributed by atoms with Crippen molar-refractivity contribution >= 4 is 24.2 Å². The maximum absolute atomic E-state index is 13.1. The van der Waals surface area contributed by atoms with Gasteiger partial charge in [0.25, 0.3) is 5.91 Å². The molecule has 2 bridgehead atoms. The Morgan fingerprint density at radius 2 is 1.85 bits per heavy atom. The van der Waals surface area contributed by atoms with Crippen LogP contribution < -0.4 is 11.1 Å². The summed E-state index contributed by atoms with van der Waals surface area (Å²) in [7, 11) is 0. The van der Waals surface area contributed by atoms with Crippen molar-refractivity contribution in [3.8, 4) is 0 Å². The molecule has 7 heteroatoms. The normalized spacial score (nSPS) is 33.1. The van der Waals surface area contributed by atoms with Crippen molar-refractivity contribution in [3.05, 3.63) is 24.2 Å². The Hall–Kier alpha value is -1.53. The monoisotopic (exact) mass is 395 g/mol. The molecule has 6 nitrogen and oxygen atoms in total. The minimum Gasteiger partial charge on any atom is -0.459 e. The fourth-order valence-electron chi connectivity index (χ4n) is 5.27. The number of rotatable bonds is 3. The van der Waals surface area contributed by atoms with Crippen LogP contribution in [0.1, 0.15) is 61.9 Å². The molecule has 27 heavy (non-hydrogen) atoms. The number of likely N-dealkylation sites (tertiary alicyclic amines) is 1. The third-order valence-electron chi connectivity index (χ3n) is 6.48. The van der Waals surface area contributed by atoms with Gasteiger partial charge in [0, 0.05) is 18.6 Å². The summed E-state index contributed by atoms with van der Waals surface area (Å²) < 4.78 is 5.26. The number of nitrogens with zero attached hydrogens (tertiary/aromatic N) is 1. The smallest absolute Gasteiger partial charge is 0.290 e. The molecule has 1 aromatic heterocycles. The van der Waals surface area contributed by atoms with E-state index in [2.05, 4.69) is 5.32 Å². The summed E-state index contributed by atoms with van der Waals surface area (Å²) in [4.78, 5) is 27.5. The maximum Gasteiger partial charge on any atom is 0.290 e. The van der Waals surface area contributed by atoms with E-state index in [0.29, 0.717) is 24.1 Å². The summed E-state index contributed by atoms with van der Waals surface area (Å²) in [5.74, 6) is 1.10. The van der Waals surface area contributed by atoms with Crippen LogP contribution in [0.5, 0.6) is 0 Å². The molecule has 2 saturated carbocycles. The zero-order chi connectivity index (χ0) is 18.1. The number of carbonyl (C=O) groups excluding carboxylic acids is 2. The van der Waals surface area contributed by atoms with Gasteiger partial charge < -0.3 is 20.4 Å². The number of piperidine rings is 1. The number of furan rings is 1. The zero-order valence-corrected chi connectivity index (χ0v) is 16.5. The Balaban J connectivity index is 0.00000210. The highest BCUT2D eigenvalue weighted by Gasteiger charge is 2.42. The molecular formula is C20H30ClN3O3. The second kappa shape index (κ2) is 8.65. The van der Waals surface area contributed by atoms with Gasteiger partial charge in [-0.05, 0) is 68.9 Å². The van der Waals surface area contributed by atoms with Crippen LogP contribution in [-0.4, -0.2) is 41.4 Å². The van der Waals surface area contributed by atoms with Crippen molar-refractivity contribution in [3.63, 3.8) is 0 Å². The van der Waals surface area contributed by atoms with E-state index in [-0.39, 0.29) is 36.3 Å².